The second-order valence-electron chi connectivity index (χ2n) is 8.94. The first-order valence-corrected chi connectivity index (χ1v) is 11.6. The minimum atomic E-state index is -0.766. The predicted molar refractivity (Wildman–Crippen MR) is 123 cm³/mol. The van der Waals surface area contributed by atoms with Gasteiger partial charge in [-0.3, -0.25) is 14.4 Å². The van der Waals surface area contributed by atoms with E-state index in [1.807, 2.05) is 0 Å². The summed E-state index contributed by atoms with van der Waals surface area (Å²) in [4.78, 5) is 47.1. The van der Waals surface area contributed by atoms with Crippen LogP contribution in [0.1, 0.15) is 36.2 Å². The van der Waals surface area contributed by atoms with Crippen molar-refractivity contribution >= 4 is 22.8 Å². The Balaban J connectivity index is 1.23. The maximum Gasteiger partial charge on any atom is 0.280 e. The molecule has 2 amide bonds. The number of amides is 2. The number of nitrogens with zero attached hydrogens (tertiary/aromatic N) is 2. The quantitative estimate of drug-likeness (QED) is 0.562. The van der Waals surface area contributed by atoms with Crippen LogP contribution in [0.15, 0.2) is 47.3 Å². The van der Waals surface area contributed by atoms with Crippen molar-refractivity contribution in [3.8, 4) is 5.75 Å². The zero-order valence-electron chi connectivity index (χ0n) is 18.8. The summed E-state index contributed by atoms with van der Waals surface area (Å²) in [6.45, 7) is 0.750. The number of halogens is 2. The minimum Gasteiger partial charge on any atom is -0.487 e. The van der Waals surface area contributed by atoms with Crippen molar-refractivity contribution in [1.29, 1.82) is 0 Å². The Kier molecular flexibility index (Phi) is 6.19. The standard InChI is InChI=1S/C25H24F2N4O4/c26-15-7-8-20(17(27)13-15)35-16-9-11-31(12-10-16)25(34)21(14-5-6-14)30-24(33)22-23(32)29-19-4-2-1-3-18(19)28-22/h1-4,7-8,13-14,16,21H,5-6,9-12H2,(H,29,32)(H,30,33)/t21-/m0/s1. The number of rotatable bonds is 6. The number of nitrogens with one attached hydrogen (secondary N) is 2. The van der Waals surface area contributed by atoms with E-state index in [1.165, 1.54) is 6.07 Å². The number of carbonyl (C=O) groups is 2. The summed E-state index contributed by atoms with van der Waals surface area (Å²) in [5.41, 5.74) is 0.102. The number of hydrogen-bond donors (Lipinski definition) is 2. The SMILES string of the molecule is O=C(N[C@H](C(=O)N1CCC(Oc2ccc(F)cc2F)CC1)C1CC1)c1nc2ccccc2[nH]c1=O. The number of hydrogen-bond acceptors (Lipinski definition) is 5. The molecule has 2 fully saturated rings. The van der Waals surface area contributed by atoms with E-state index < -0.39 is 29.1 Å². The fourth-order valence-electron chi connectivity index (χ4n) is 4.34. The van der Waals surface area contributed by atoms with E-state index in [0.29, 0.717) is 37.0 Å². The molecular weight excluding hydrogens is 458 g/mol. The number of carbonyl (C=O) groups excluding carboxylic acids is 2. The number of ether oxygens (including phenoxy) is 1. The van der Waals surface area contributed by atoms with Gasteiger partial charge < -0.3 is 19.9 Å². The summed E-state index contributed by atoms with van der Waals surface area (Å²) >= 11 is 0. The lowest BCUT2D eigenvalue weighted by atomic mass is 10.0. The third kappa shape index (κ3) is 5.01. The van der Waals surface area contributed by atoms with Crippen LogP contribution < -0.4 is 15.6 Å². The molecule has 5 rings (SSSR count). The Morgan fingerprint density at radius 2 is 1.83 bits per heavy atom. The molecule has 1 aliphatic heterocycles. The molecule has 2 aromatic carbocycles. The monoisotopic (exact) mass is 482 g/mol. The van der Waals surface area contributed by atoms with Crippen LogP contribution in [0.25, 0.3) is 11.0 Å². The molecule has 8 nitrogen and oxygen atoms in total. The number of para-hydroxylation sites is 2. The zero-order valence-corrected chi connectivity index (χ0v) is 18.8. The minimum absolute atomic E-state index is 0.00766. The molecule has 35 heavy (non-hydrogen) atoms. The highest BCUT2D eigenvalue weighted by atomic mass is 19.1. The molecule has 1 aliphatic carbocycles. The summed E-state index contributed by atoms with van der Waals surface area (Å²) in [7, 11) is 0. The summed E-state index contributed by atoms with van der Waals surface area (Å²) < 4.78 is 32.7. The van der Waals surface area contributed by atoms with E-state index in [-0.39, 0.29) is 29.4 Å². The van der Waals surface area contributed by atoms with Crippen LogP contribution in [0.5, 0.6) is 5.75 Å². The first-order valence-electron chi connectivity index (χ1n) is 11.6. The average Bonchev–Trinajstić information content (AvgIpc) is 3.69. The lowest BCUT2D eigenvalue weighted by molar-refractivity contribution is -0.135. The fraction of sp³-hybridized carbons (Fsp3) is 0.360. The Hall–Kier alpha value is -3.82. The Morgan fingerprint density at radius 3 is 2.54 bits per heavy atom. The summed E-state index contributed by atoms with van der Waals surface area (Å²) in [5, 5.41) is 2.73. The van der Waals surface area contributed by atoms with Gasteiger partial charge in [0.05, 0.1) is 11.0 Å². The van der Waals surface area contributed by atoms with E-state index in [4.69, 9.17) is 4.74 Å². The topological polar surface area (TPSA) is 104 Å². The van der Waals surface area contributed by atoms with Crippen LogP contribution in [0.3, 0.4) is 0 Å². The number of benzene rings is 2. The van der Waals surface area contributed by atoms with Crippen LogP contribution in [0, 0.1) is 17.6 Å². The first kappa shape index (κ1) is 22.9. The highest BCUT2D eigenvalue weighted by Crippen LogP contribution is 2.34. The maximum absolute atomic E-state index is 13.9. The highest BCUT2D eigenvalue weighted by Gasteiger charge is 2.40. The molecule has 10 heteroatoms. The second kappa shape index (κ2) is 9.44. The van der Waals surface area contributed by atoms with Crippen LogP contribution in [-0.2, 0) is 4.79 Å². The highest BCUT2D eigenvalue weighted by molar-refractivity contribution is 5.97. The summed E-state index contributed by atoms with van der Waals surface area (Å²) in [5.74, 6) is -2.36. The molecule has 1 saturated heterocycles. The van der Waals surface area contributed by atoms with Crippen molar-refractivity contribution in [1.82, 2.24) is 20.2 Å². The van der Waals surface area contributed by atoms with E-state index >= 15 is 0 Å². The van der Waals surface area contributed by atoms with E-state index in [1.54, 1.807) is 29.2 Å². The Bertz CT molecular complexity index is 1330. The van der Waals surface area contributed by atoms with Crippen molar-refractivity contribution in [2.24, 2.45) is 5.92 Å². The van der Waals surface area contributed by atoms with Crippen molar-refractivity contribution in [2.45, 2.75) is 37.8 Å². The smallest absolute Gasteiger partial charge is 0.280 e. The van der Waals surface area contributed by atoms with Gasteiger partial charge in [-0.05, 0) is 43.0 Å². The van der Waals surface area contributed by atoms with Gasteiger partial charge in [-0.15, -0.1) is 0 Å². The lowest BCUT2D eigenvalue weighted by Gasteiger charge is -2.34. The molecule has 1 saturated carbocycles. The van der Waals surface area contributed by atoms with Gasteiger partial charge in [0.2, 0.25) is 5.91 Å². The zero-order chi connectivity index (χ0) is 24.5. The molecule has 182 valence electrons. The second-order valence-corrected chi connectivity index (χ2v) is 8.94. The Labute approximate surface area is 199 Å². The van der Waals surface area contributed by atoms with Gasteiger partial charge in [0.15, 0.2) is 17.3 Å². The third-order valence-electron chi connectivity index (χ3n) is 6.40. The predicted octanol–water partition coefficient (Wildman–Crippen LogP) is 2.78. The first-order chi connectivity index (χ1) is 16.9. The van der Waals surface area contributed by atoms with Crippen LogP contribution in [-0.4, -0.2) is 51.9 Å². The fourth-order valence-corrected chi connectivity index (χ4v) is 4.34. The normalized spacial score (nSPS) is 17.3. The molecule has 1 aromatic heterocycles. The number of aromatic amines is 1. The average molecular weight is 482 g/mol. The molecule has 0 spiro atoms. The van der Waals surface area contributed by atoms with Crippen molar-refractivity contribution < 1.29 is 23.1 Å². The molecule has 2 N–H and O–H groups in total. The largest absolute Gasteiger partial charge is 0.487 e. The van der Waals surface area contributed by atoms with Gasteiger partial charge in [0.1, 0.15) is 18.0 Å². The van der Waals surface area contributed by atoms with Crippen LogP contribution >= 0.6 is 0 Å². The van der Waals surface area contributed by atoms with Gasteiger partial charge in [0, 0.05) is 32.0 Å². The number of fused-ring (bicyclic) bond motifs is 1. The Morgan fingerprint density at radius 1 is 1.09 bits per heavy atom. The number of likely N-dealkylation sites (tertiary alicyclic amines) is 1. The molecular formula is C25H24F2N4O4. The van der Waals surface area contributed by atoms with E-state index in [2.05, 4.69) is 15.3 Å². The number of H-pyrrole nitrogens is 1. The number of piperidine rings is 1. The summed E-state index contributed by atoms with van der Waals surface area (Å²) in [6, 6.07) is 9.30. The molecule has 0 unspecified atom stereocenters. The maximum atomic E-state index is 13.9. The summed E-state index contributed by atoms with van der Waals surface area (Å²) in [6.07, 6.45) is 2.25. The third-order valence-corrected chi connectivity index (χ3v) is 6.40. The van der Waals surface area contributed by atoms with Gasteiger partial charge >= 0.3 is 0 Å². The lowest BCUT2D eigenvalue weighted by Crippen LogP contribution is -2.53. The molecule has 2 aliphatic rings. The molecule has 3 aromatic rings. The van der Waals surface area contributed by atoms with Crippen LogP contribution in [0.2, 0.25) is 0 Å². The van der Waals surface area contributed by atoms with Crippen molar-refractivity contribution in [3.05, 3.63) is 70.1 Å². The van der Waals surface area contributed by atoms with Gasteiger partial charge in [0.25, 0.3) is 11.5 Å². The molecule has 2 heterocycles. The van der Waals surface area contributed by atoms with Gasteiger partial charge in [-0.25, -0.2) is 13.8 Å². The molecule has 1 atom stereocenters. The van der Waals surface area contributed by atoms with E-state index in [0.717, 1.165) is 25.0 Å². The van der Waals surface area contributed by atoms with Gasteiger partial charge in [-0.2, -0.15) is 0 Å². The molecule has 0 radical (unpaired) electrons. The molecule has 0 bridgehead atoms. The van der Waals surface area contributed by atoms with Crippen LogP contribution in [0.4, 0.5) is 8.78 Å². The van der Waals surface area contributed by atoms with Crippen molar-refractivity contribution in [2.75, 3.05) is 13.1 Å². The number of aromatic nitrogens is 2. The van der Waals surface area contributed by atoms with E-state index in [9.17, 15) is 23.2 Å². The van der Waals surface area contributed by atoms with Gasteiger partial charge in [-0.1, -0.05) is 12.1 Å². The van der Waals surface area contributed by atoms with Crippen molar-refractivity contribution in [3.63, 3.8) is 0 Å².